The zero-order chi connectivity index (χ0) is 10.6. The summed E-state index contributed by atoms with van der Waals surface area (Å²) in [5.74, 6) is 0. The minimum atomic E-state index is 0.750. The van der Waals surface area contributed by atoms with Gasteiger partial charge in [0.25, 0.3) is 0 Å². The molecule has 0 aliphatic carbocycles. The topological polar surface area (TPSA) is 29.3 Å². The Morgan fingerprint density at radius 2 is 2.14 bits per heavy atom. The van der Waals surface area contributed by atoms with Crippen LogP contribution in [0.5, 0.6) is 0 Å². The molecule has 0 aromatic heterocycles. The molecule has 0 unspecified atom stereocenters. The maximum absolute atomic E-state index is 5.47. The summed E-state index contributed by atoms with van der Waals surface area (Å²) < 4.78 is 1.16. The van der Waals surface area contributed by atoms with Crippen molar-refractivity contribution >= 4 is 21.6 Å². The van der Waals surface area contributed by atoms with Gasteiger partial charge in [-0.15, -0.1) is 0 Å². The Morgan fingerprint density at radius 1 is 1.43 bits per heavy atom. The zero-order valence-electron chi connectivity index (χ0n) is 8.76. The number of rotatable bonds is 4. The Bertz CT molecular complexity index is 299. The van der Waals surface area contributed by atoms with Crippen molar-refractivity contribution in [1.29, 1.82) is 0 Å². The van der Waals surface area contributed by atoms with Crippen LogP contribution in [0, 0.1) is 6.92 Å². The molecule has 1 aromatic rings. The van der Waals surface area contributed by atoms with Gasteiger partial charge in [-0.2, -0.15) is 0 Å². The van der Waals surface area contributed by atoms with Gasteiger partial charge in [0.05, 0.1) is 0 Å². The zero-order valence-corrected chi connectivity index (χ0v) is 10.3. The summed E-state index contributed by atoms with van der Waals surface area (Å²) in [7, 11) is 2.10. The van der Waals surface area contributed by atoms with E-state index in [2.05, 4.69) is 53.0 Å². The van der Waals surface area contributed by atoms with Crippen LogP contribution in [0.4, 0.5) is 5.69 Å². The first-order chi connectivity index (χ1) is 6.65. The SMILES string of the molecule is Cc1cc(N(C)CCCN)ccc1Br. The minimum Gasteiger partial charge on any atom is -0.375 e. The van der Waals surface area contributed by atoms with Crippen molar-refractivity contribution in [2.45, 2.75) is 13.3 Å². The molecule has 0 radical (unpaired) electrons. The predicted molar refractivity (Wildman–Crippen MR) is 65.8 cm³/mol. The maximum Gasteiger partial charge on any atom is 0.0367 e. The van der Waals surface area contributed by atoms with Crippen molar-refractivity contribution in [1.82, 2.24) is 0 Å². The van der Waals surface area contributed by atoms with Crippen LogP contribution in [0.1, 0.15) is 12.0 Å². The van der Waals surface area contributed by atoms with Crippen molar-refractivity contribution < 1.29 is 0 Å². The second-order valence-corrected chi connectivity index (χ2v) is 4.35. The predicted octanol–water partition coefficient (Wildman–Crippen LogP) is 2.54. The number of hydrogen-bond donors (Lipinski definition) is 1. The van der Waals surface area contributed by atoms with Crippen LogP contribution >= 0.6 is 15.9 Å². The lowest BCUT2D eigenvalue weighted by Crippen LogP contribution is -2.20. The molecule has 0 spiro atoms. The van der Waals surface area contributed by atoms with E-state index in [1.54, 1.807) is 0 Å². The van der Waals surface area contributed by atoms with Gasteiger partial charge in [-0.05, 0) is 43.7 Å². The smallest absolute Gasteiger partial charge is 0.0367 e. The summed E-state index contributed by atoms with van der Waals surface area (Å²) in [4.78, 5) is 2.23. The van der Waals surface area contributed by atoms with Gasteiger partial charge in [-0.25, -0.2) is 0 Å². The van der Waals surface area contributed by atoms with Crippen molar-refractivity contribution in [3.05, 3.63) is 28.2 Å². The third-order valence-corrected chi connectivity index (χ3v) is 3.17. The summed E-state index contributed by atoms with van der Waals surface area (Å²) in [6, 6.07) is 6.39. The molecule has 1 rings (SSSR count). The van der Waals surface area contributed by atoms with E-state index in [0.717, 1.165) is 24.0 Å². The molecule has 3 heteroatoms. The van der Waals surface area contributed by atoms with Crippen LogP contribution < -0.4 is 10.6 Å². The van der Waals surface area contributed by atoms with Crippen LogP contribution in [-0.2, 0) is 0 Å². The molecule has 0 aliphatic rings. The lowest BCUT2D eigenvalue weighted by atomic mass is 10.2. The van der Waals surface area contributed by atoms with E-state index in [-0.39, 0.29) is 0 Å². The molecule has 2 nitrogen and oxygen atoms in total. The Labute approximate surface area is 94.2 Å². The minimum absolute atomic E-state index is 0.750. The fraction of sp³-hybridized carbons (Fsp3) is 0.455. The van der Waals surface area contributed by atoms with E-state index >= 15 is 0 Å². The normalized spacial score (nSPS) is 10.3. The summed E-state index contributed by atoms with van der Waals surface area (Å²) in [5, 5.41) is 0. The molecule has 0 saturated heterocycles. The number of nitrogens with two attached hydrogens (primary N) is 1. The Hall–Kier alpha value is -0.540. The van der Waals surface area contributed by atoms with Gasteiger partial charge in [0.2, 0.25) is 0 Å². The van der Waals surface area contributed by atoms with Crippen molar-refractivity contribution in [3.63, 3.8) is 0 Å². The fourth-order valence-electron chi connectivity index (χ4n) is 1.32. The number of halogens is 1. The van der Waals surface area contributed by atoms with Crippen LogP contribution in [0.2, 0.25) is 0 Å². The lowest BCUT2D eigenvalue weighted by molar-refractivity contribution is 0.795. The van der Waals surface area contributed by atoms with Crippen LogP contribution in [0.3, 0.4) is 0 Å². The van der Waals surface area contributed by atoms with E-state index in [0.29, 0.717) is 0 Å². The number of nitrogens with zero attached hydrogens (tertiary/aromatic N) is 1. The molecule has 0 atom stereocenters. The molecule has 2 N–H and O–H groups in total. The molecule has 0 fully saturated rings. The molecular formula is C11H17BrN2. The highest BCUT2D eigenvalue weighted by Gasteiger charge is 2.01. The van der Waals surface area contributed by atoms with Gasteiger partial charge in [-0.1, -0.05) is 15.9 Å². The van der Waals surface area contributed by atoms with Crippen LogP contribution in [-0.4, -0.2) is 20.1 Å². The first kappa shape index (κ1) is 11.5. The Kier molecular flexibility index (Phi) is 4.42. The van der Waals surface area contributed by atoms with Crippen LogP contribution in [0.15, 0.2) is 22.7 Å². The van der Waals surface area contributed by atoms with Gasteiger partial charge >= 0.3 is 0 Å². The highest BCUT2D eigenvalue weighted by Crippen LogP contribution is 2.22. The van der Waals surface area contributed by atoms with Gasteiger partial charge < -0.3 is 10.6 Å². The van der Waals surface area contributed by atoms with E-state index < -0.39 is 0 Å². The average Bonchev–Trinajstić information content (AvgIpc) is 2.18. The summed E-state index contributed by atoms with van der Waals surface area (Å²) in [6.07, 6.45) is 1.03. The molecule has 0 heterocycles. The third-order valence-electron chi connectivity index (χ3n) is 2.28. The monoisotopic (exact) mass is 256 g/mol. The molecular weight excluding hydrogens is 240 g/mol. The maximum atomic E-state index is 5.47. The molecule has 78 valence electrons. The standard InChI is InChI=1S/C11H17BrN2/c1-9-8-10(4-5-11(9)12)14(2)7-3-6-13/h4-5,8H,3,6-7,13H2,1-2H3. The first-order valence-electron chi connectivity index (χ1n) is 4.82. The molecule has 0 bridgehead atoms. The van der Waals surface area contributed by atoms with Gasteiger partial charge in [0, 0.05) is 23.8 Å². The van der Waals surface area contributed by atoms with E-state index in [9.17, 15) is 0 Å². The van der Waals surface area contributed by atoms with Crippen LogP contribution in [0.25, 0.3) is 0 Å². The number of aryl methyl sites for hydroxylation is 1. The summed E-state index contributed by atoms with van der Waals surface area (Å²) in [6.45, 7) is 3.86. The summed E-state index contributed by atoms with van der Waals surface area (Å²) in [5.41, 5.74) is 7.99. The summed E-state index contributed by atoms with van der Waals surface area (Å²) >= 11 is 3.49. The highest BCUT2D eigenvalue weighted by molar-refractivity contribution is 9.10. The first-order valence-corrected chi connectivity index (χ1v) is 5.62. The van der Waals surface area contributed by atoms with E-state index in [1.165, 1.54) is 11.3 Å². The second kappa shape index (κ2) is 5.37. The largest absolute Gasteiger partial charge is 0.375 e. The van der Waals surface area contributed by atoms with Gasteiger partial charge in [0.15, 0.2) is 0 Å². The van der Waals surface area contributed by atoms with Crippen molar-refractivity contribution in [2.24, 2.45) is 5.73 Å². The highest BCUT2D eigenvalue weighted by atomic mass is 79.9. The molecule has 0 saturated carbocycles. The second-order valence-electron chi connectivity index (χ2n) is 3.50. The molecule has 0 amide bonds. The fourth-order valence-corrected chi connectivity index (χ4v) is 1.57. The van der Waals surface area contributed by atoms with Crippen molar-refractivity contribution in [2.75, 3.05) is 25.0 Å². The number of benzene rings is 1. The van der Waals surface area contributed by atoms with E-state index in [4.69, 9.17) is 5.73 Å². The molecule has 14 heavy (non-hydrogen) atoms. The van der Waals surface area contributed by atoms with E-state index in [1.807, 2.05) is 0 Å². The van der Waals surface area contributed by atoms with Gasteiger partial charge in [0.1, 0.15) is 0 Å². The molecule has 0 aliphatic heterocycles. The van der Waals surface area contributed by atoms with Crippen molar-refractivity contribution in [3.8, 4) is 0 Å². The Balaban J connectivity index is 2.70. The number of anilines is 1. The molecule has 1 aromatic carbocycles. The van der Waals surface area contributed by atoms with Gasteiger partial charge in [-0.3, -0.25) is 0 Å². The lowest BCUT2D eigenvalue weighted by Gasteiger charge is -2.19. The quantitative estimate of drug-likeness (QED) is 0.898. The third kappa shape index (κ3) is 3.00. The average molecular weight is 257 g/mol. The Morgan fingerprint density at radius 3 is 2.71 bits per heavy atom. The number of hydrogen-bond acceptors (Lipinski definition) is 2.